The molecule has 2 rings (SSSR count). The molecule has 0 saturated carbocycles. The summed E-state index contributed by atoms with van der Waals surface area (Å²) in [5.74, 6) is -0.0652. The van der Waals surface area contributed by atoms with Crippen molar-refractivity contribution in [2.45, 2.75) is 31.9 Å². The average Bonchev–Trinajstić information content (AvgIpc) is 2.06. The first kappa shape index (κ1) is 10.9. The lowest BCUT2D eigenvalue weighted by molar-refractivity contribution is 0.0673. The molecule has 0 bridgehead atoms. The molecule has 0 saturated heterocycles. The van der Waals surface area contributed by atoms with E-state index in [0.29, 0.717) is 16.6 Å². The van der Waals surface area contributed by atoms with Crippen LogP contribution in [0.4, 0.5) is 4.39 Å². The second-order valence-electron chi connectivity index (χ2n) is 4.48. The predicted octanol–water partition coefficient (Wildman–Crippen LogP) is 3.15. The summed E-state index contributed by atoms with van der Waals surface area (Å²) in [6.07, 6.45) is 0.690. The Morgan fingerprint density at radius 2 is 2.20 bits per heavy atom. The second-order valence-corrected chi connectivity index (χ2v) is 5.39. The Bertz CT molecular complexity index is 406. The number of halogens is 2. The topological polar surface area (TPSA) is 35.2 Å². The van der Waals surface area contributed by atoms with Crippen molar-refractivity contribution in [1.82, 2.24) is 0 Å². The Morgan fingerprint density at radius 3 is 2.87 bits per heavy atom. The summed E-state index contributed by atoms with van der Waals surface area (Å²) in [5, 5.41) is 0. The number of hydrogen-bond donors (Lipinski definition) is 1. The predicted molar refractivity (Wildman–Crippen MR) is 60.4 cm³/mol. The Labute approximate surface area is 96.7 Å². The Hall–Kier alpha value is -0.610. The molecular weight excluding hydrogens is 261 g/mol. The van der Waals surface area contributed by atoms with Crippen LogP contribution in [-0.4, -0.2) is 5.60 Å². The molecule has 1 heterocycles. The highest BCUT2D eigenvalue weighted by Crippen LogP contribution is 2.41. The summed E-state index contributed by atoms with van der Waals surface area (Å²) in [6.45, 7) is 3.83. The van der Waals surface area contributed by atoms with Crippen molar-refractivity contribution >= 4 is 15.9 Å². The van der Waals surface area contributed by atoms with Crippen molar-refractivity contribution in [2.24, 2.45) is 5.73 Å². The fraction of sp³-hybridized carbons (Fsp3) is 0.455. The Kier molecular flexibility index (Phi) is 2.51. The highest BCUT2D eigenvalue weighted by Gasteiger charge is 2.33. The van der Waals surface area contributed by atoms with Crippen LogP contribution in [0.15, 0.2) is 16.6 Å². The van der Waals surface area contributed by atoms with Crippen LogP contribution in [0.3, 0.4) is 0 Å². The van der Waals surface area contributed by atoms with Gasteiger partial charge in [-0.2, -0.15) is 0 Å². The van der Waals surface area contributed by atoms with E-state index in [0.717, 1.165) is 5.56 Å². The van der Waals surface area contributed by atoms with Crippen LogP contribution in [0, 0.1) is 5.82 Å². The molecule has 0 aliphatic carbocycles. The molecule has 82 valence electrons. The minimum atomic E-state index is -0.402. The summed E-state index contributed by atoms with van der Waals surface area (Å²) < 4.78 is 19.9. The van der Waals surface area contributed by atoms with Gasteiger partial charge in [0.1, 0.15) is 5.60 Å². The maximum atomic E-state index is 13.6. The third-order valence-corrected chi connectivity index (χ3v) is 2.98. The molecule has 1 atom stereocenters. The Balaban J connectivity index is 2.55. The van der Waals surface area contributed by atoms with Gasteiger partial charge in [0.15, 0.2) is 11.6 Å². The van der Waals surface area contributed by atoms with E-state index < -0.39 is 5.60 Å². The van der Waals surface area contributed by atoms with Crippen LogP contribution in [0.2, 0.25) is 0 Å². The smallest absolute Gasteiger partial charge is 0.166 e. The number of nitrogens with two attached hydrogens (primary N) is 1. The zero-order chi connectivity index (χ0) is 11.2. The van der Waals surface area contributed by atoms with Gasteiger partial charge in [-0.05, 0) is 26.0 Å². The van der Waals surface area contributed by atoms with Gasteiger partial charge in [0, 0.05) is 22.5 Å². The standard InChI is InChI=1S/C11H13BrFNO/c1-11(2)5-9(14)7-3-6(12)4-8(13)10(7)15-11/h3-4,9H,5,14H2,1-2H3. The van der Waals surface area contributed by atoms with Crippen molar-refractivity contribution in [1.29, 1.82) is 0 Å². The monoisotopic (exact) mass is 273 g/mol. The number of fused-ring (bicyclic) bond motifs is 1. The molecule has 0 radical (unpaired) electrons. The lowest BCUT2D eigenvalue weighted by atomic mass is 9.90. The third-order valence-electron chi connectivity index (χ3n) is 2.53. The van der Waals surface area contributed by atoms with Crippen LogP contribution in [0.25, 0.3) is 0 Å². The molecule has 0 spiro atoms. The number of ether oxygens (including phenoxy) is 1. The highest BCUT2D eigenvalue weighted by molar-refractivity contribution is 9.10. The summed E-state index contributed by atoms with van der Waals surface area (Å²) in [7, 11) is 0. The fourth-order valence-electron chi connectivity index (χ4n) is 1.92. The quantitative estimate of drug-likeness (QED) is 0.788. The van der Waals surface area contributed by atoms with Crippen molar-refractivity contribution in [3.05, 3.63) is 28.0 Å². The first-order chi connectivity index (χ1) is 6.89. The molecule has 1 aromatic carbocycles. The molecule has 15 heavy (non-hydrogen) atoms. The van der Waals surface area contributed by atoms with E-state index in [2.05, 4.69) is 15.9 Å². The summed E-state index contributed by atoms with van der Waals surface area (Å²) in [6, 6.07) is 3.04. The summed E-state index contributed by atoms with van der Waals surface area (Å²) in [5.41, 5.74) is 6.33. The van der Waals surface area contributed by atoms with Crippen molar-refractivity contribution in [3.63, 3.8) is 0 Å². The zero-order valence-electron chi connectivity index (χ0n) is 8.68. The van der Waals surface area contributed by atoms with Crippen molar-refractivity contribution in [2.75, 3.05) is 0 Å². The SMILES string of the molecule is CC1(C)CC(N)c2cc(Br)cc(F)c2O1. The van der Waals surface area contributed by atoms with Gasteiger partial charge in [-0.15, -0.1) is 0 Å². The zero-order valence-corrected chi connectivity index (χ0v) is 10.3. The van der Waals surface area contributed by atoms with E-state index in [9.17, 15) is 4.39 Å². The van der Waals surface area contributed by atoms with Crippen LogP contribution in [-0.2, 0) is 0 Å². The molecule has 2 nitrogen and oxygen atoms in total. The number of hydrogen-bond acceptors (Lipinski definition) is 2. The summed E-state index contributed by atoms with van der Waals surface area (Å²) >= 11 is 3.25. The van der Waals surface area contributed by atoms with Gasteiger partial charge in [-0.3, -0.25) is 0 Å². The molecule has 0 aromatic heterocycles. The minimum absolute atomic E-state index is 0.171. The van der Waals surface area contributed by atoms with E-state index in [1.165, 1.54) is 6.07 Å². The molecule has 1 aromatic rings. The molecule has 1 aliphatic rings. The van der Waals surface area contributed by atoms with Gasteiger partial charge in [0.2, 0.25) is 0 Å². The maximum absolute atomic E-state index is 13.6. The van der Waals surface area contributed by atoms with Crippen molar-refractivity contribution < 1.29 is 9.13 Å². The number of benzene rings is 1. The average molecular weight is 274 g/mol. The number of rotatable bonds is 0. The van der Waals surface area contributed by atoms with Gasteiger partial charge in [-0.25, -0.2) is 4.39 Å². The van der Waals surface area contributed by atoms with Gasteiger partial charge in [0.25, 0.3) is 0 Å². The van der Waals surface area contributed by atoms with E-state index in [1.807, 2.05) is 19.9 Å². The van der Waals surface area contributed by atoms with E-state index in [4.69, 9.17) is 10.5 Å². The van der Waals surface area contributed by atoms with Crippen LogP contribution >= 0.6 is 15.9 Å². The molecule has 0 amide bonds. The third kappa shape index (κ3) is 2.01. The molecule has 0 fully saturated rings. The molecule has 4 heteroatoms. The van der Waals surface area contributed by atoms with Gasteiger partial charge < -0.3 is 10.5 Å². The van der Waals surface area contributed by atoms with Gasteiger partial charge >= 0.3 is 0 Å². The molecule has 1 unspecified atom stereocenters. The van der Waals surface area contributed by atoms with Crippen LogP contribution in [0.5, 0.6) is 5.75 Å². The second kappa shape index (κ2) is 3.46. The van der Waals surface area contributed by atoms with Crippen LogP contribution in [0.1, 0.15) is 31.9 Å². The van der Waals surface area contributed by atoms with Crippen LogP contribution < -0.4 is 10.5 Å². The minimum Gasteiger partial charge on any atom is -0.484 e. The lowest BCUT2D eigenvalue weighted by Crippen LogP contribution is -2.37. The van der Waals surface area contributed by atoms with Gasteiger partial charge in [-0.1, -0.05) is 15.9 Å². The highest BCUT2D eigenvalue weighted by atomic mass is 79.9. The summed E-state index contributed by atoms with van der Waals surface area (Å²) in [4.78, 5) is 0. The van der Waals surface area contributed by atoms with Gasteiger partial charge in [0.05, 0.1) is 0 Å². The molecule has 2 N–H and O–H groups in total. The van der Waals surface area contributed by atoms with Crippen molar-refractivity contribution in [3.8, 4) is 5.75 Å². The lowest BCUT2D eigenvalue weighted by Gasteiger charge is -2.36. The first-order valence-electron chi connectivity index (χ1n) is 4.82. The largest absolute Gasteiger partial charge is 0.484 e. The van der Waals surface area contributed by atoms with E-state index in [1.54, 1.807) is 0 Å². The first-order valence-corrected chi connectivity index (χ1v) is 5.62. The normalized spacial score (nSPS) is 23.1. The molecular formula is C11H13BrFNO. The molecule has 1 aliphatic heterocycles. The Morgan fingerprint density at radius 1 is 1.53 bits per heavy atom. The van der Waals surface area contributed by atoms with E-state index in [-0.39, 0.29) is 11.9 Å². The maximum Gasteiger partial charge on any atom is 0.166 e. The fourth-order valence-corrected chi connectivity index (χ4v) is 2.37. The van der Waals surface area contributed by atoms with E-state index >= 15 is 0 Å².